The normalized spacial score (nSPS) is 24.7. The molecule has 0 unspecified atom stereocenters. The van der Waals surface area contributed by atoms with E-state index < -0.39 is 6.10 Å². The van der Waals surface area contributed by atoms with E-state index >= 15 is 0 Å². The molecule has 3 atom stereocenters. The van der Waals surface area contributed by atoms with Crippen LogP contribution in [-0.2, 0) is 9.53 Å². The first-order valence-corrected chi connectivity index (χ1v) is 10.9. The van der Waals surface area contributed by atoms with Gasteiger partial charge in [0.2, 0.25) is 11.9 Å². The number of nitrogens with one attached hydrogen (secondary N) is 1. The fourth-order valence-corrected chi connectivity index (χ4v) is 4.05. The van der Waals surface area contributed by atoms with Crippen LogP contribution in [0.4, 0.5) is 5.95 Å². The van der Waals surface area contributed by atoms with E-state index in [-0.39, 0.29) is 24.6 Å². The van der Waals surface area contributed by atoms with Gasteiger partial charge >= 0.3 is 0 Å². The van der Waals surface area contributed by atoms with Crippen molar-refractivity contribution in [1.29, 1.82) is 0 Å². The van der Waals surface area contributed by atoms with Gasteiger partial charge < -0.3 is 20.1 Å². The lowest BCUT2D eigenvalue weighted by Gasteiger charge is -2.39. The minimum atomic E-state index is -0.649. The number of carbonyl (C=O) groups is 1. The molecule has 9 nitrogen and oxygen atoms in total. The van der Waals surface area contributed by atoms with Crippen LogP contribution in [0, 0.1) is 0 Å². The maximum atomic E-state index is 12.5. The number of anilines is 1. The summed E-state index contributed by atoms with van der Waals surface area (Å²) in [6, 6.07) is 7.36. The summed E-state index contributed by atoms with van der Waals surface area (Å²) in [5.41, 5.74) is 1.67. The van der Waals surface area contributed by atoms with Gasteiger partial charge in [-0.05, 0) is 25.5 Å². The Kier molecular flexibility index (Phi) is 6.96. The highest BCUT2D eigenvalue weighted by atomic mass is 35.5. The molecular formula is C21H27ClN6O3. The zero-order chi connectivity index (χ0) is 21.8. The molecule has 0 radical (unpaired) electrons. The van der Waals surface area contributed by atoms with E-state index in [2.05, 4.69) is 37.2 Å². The van der Waals surface area contributed by atoms with Crippen molar-refractivity contribution in [2.24, 2.45) is 0 Å². The summed E-state index contributed by atoms with van der Waals surface area (Å²) in [6.45, 7) is 5.30. The molecule has 2 aliphatic rings. The van der Waals surface area contributed by atoms with Crippen LogP contribution in [0.2, 0.25) is 5.02 Å². The monoisotopic (exact) mass is 446 g/mol. The van der Waals surface area contributed by atoms with Crippen LogP contribution in [0.25, 0.3) is 11.3 Å². The van der Waals surface area contributed by atoms with Gasteiger partial charge in [-0.1, -0.05) is 23.7 Å². The fourth-order valence-electron chi connectivity index (χ4n) is 3.93. The maximum Gasteiger partial charge on any atom is 0.246 e. The minimum absolute atomic E-state index is 0.0751. The van der Waals surface area contributed by atoms with Crippen LogP contribution in [0.5, 0.6) is 0 Å². The Hall–Kier alpha value is -2.33. The lowest BCUT2D eigenvalue weighted by atomic mass is 10.1. The topological polar surface area (TPSA) is 104 Å². The third-order valence-corrected chi connectivity index (χ3v) is 6.01. The van der Waals surface area contributed by atoms with E-state index in [1.165, 1.54) is 0 Å². The average molecular weight is 447 g/mol. The molecule has 0 aliphatic carbocycles. The number of amides is 1. The number of aromatic nitrogens is 3. The predicted octanol–water partition coefficient (Wildman–Crippen LogP) is 0.968. The fraction of sp³-hybridized carbons (Fsp3) is 0.524. The zero-order valence-electron chi connectivity index (χ0n) is 17.4. The van der Waals surface area contributed by atoms with Gasteiger partial charge in [-0.2, -0.15) is 5.10 Å². The number of aliphatic hydroxyl groups excluding tert-OH is 1. The van der Waals surface area contributed by atoms with Gasteiger partial charge in [-0.25, -0.2) is 4.98 Å². The number of ether oxygens (including phenoxy) is 1. The lowest BCUT2D eigenvalue weighted by molar-refractivity contribution is -0.126. The van der Waals surface area contributed by atoms with Gasteiger partial charge in [0.05, 0.1) is 37.2 Å². The van der Waals surface area contributed by atoms with Crippen molar-refractivity contribution in [2.45, 2.75) is 31.5 Å². The standard InChI is InChI=1S/C21H27ClN6O3/c1-14-11-28(21-25-18(10-23-26-21)15-2-4-16(22)5-3-15)8-7-27(14)12-20(30)24-17-6-9-31-13-19(17)29/h2-5,10,14,17,19,29H,6-9,11-13H2,1H3,(H,24,30)/t14-,17-,19-/m1/s1. The largest absolute Gasteiger partial charge is 0.389 e. The Morgan fingerprint density at radius 3 is 2.87 bits per heavy atom. The molecule has 1 amide bonds. The number of hydrogen-bond donors (Lipinski definition) is 2. The Morgan fingerprint density at radius 2 is 2.13 bits per heavy atom. The van der Waals surface area contributed by atoms with Crippen molar-refractivity contribution in [3.63, 3.8) is 0 Å². The van der Waals surface area contributed by atoms with E-state index in [0.717, 1.165) is 11.3 Å². The van der Waals surface area contributed by atoms with Gasteiger partial charge in [-0.3, -0.25) is 9.69 Å². The van der Waals surface area contributed by atoms with Crippen molar-refractivity contribution < 1.29 is 14.6 Å². The Bertz CT molecular complexity index is 899. The van der Waals surface area contributed by atoms with Crippen molar-refractivity contribution in [1.82, 2.24) is 25.4 Å². The van der Waals surface area contributed by atoms with Gasteiger partial charge in [-0.15, -0.1) is 5.10 Å². The SMILES string of the molecule is C[C@@H]1CN(c2nncc(-c3ccc(Cl)cc3)n2)CCN1CC(=O)N[C@@H]1CCOC[C@H]1O. The molecule has 1 aromatic carbocycles. The van der Waals surface area contributed by atoms with Crippen LogP contribution in [0.1, 0.15) is 13.3 Å². The van der Waals surface area contributed by atoms with E-state index in [1.54, 1.807) is 6.20 Å². The summed E-state index contributed by atoms with van der Waals surface area (Å²) < 4.78 is 5.22. The summed E-state index contributed by atoms with van der Waals surface area (Å²) in [4.78, 5) is 21.4. The highest BCUT2D eigenvalue weighted by Crippen LogP contribution is 2.21. The number of carbonyl (C=O) groups excluding carboxylic acids is 1. The van der Waals surface area contributed by atoms with E-state index in [1.807, 2.05) is 24.3 Å². The highest BCUT2D eigenvalue weighted by Gasteiger charge is 2.29. The molecule has 4 rings (SSSR count). The average Bonchev–Trinajstić information content (AvgIpc) is 2.77. The molecule has 2 saturated heterocycles. The predicted molar refractivity (Wildman–Crippen MR) is 117 cm³/mol. The van der Waals surface area contributed by atoms with E-state index in [9.17, 15) is 9.90 Å². The van der Waals surface area contributed by atoms with Crippen LogP contribution in [-0.4, -0.2) is 88.7 Å². The molecule has 2 aliphatic heterocycles. The number of benzene rings is 1. The minimum Gasteiger partial charge on any atom is -0.389 e. The molecule has 166 valence electrons. The Balaban J connectivity index is 1.34. The smallest absolute Gasteiger partial charge is 0.246 e. The molecule has 2 aromatic rings. The number of nitrogens with zero attached hydrogens (tertiary/aromatic N) is 5. The first-order chi connectivity index (χ1) is 15.0. The van der Waals surface area contributed by atoms with Gasteiger partial charge in [0.25, 0.3) is 0 Å². The second-order valence-corrected chi connectivity index (χ2v) is 8.46. The van der Waals surface area contributed by atoms with Crippen molar-refractivity contribution in [3.8, 4) is 11.3 Å². The molecule has 1 aromatic heterocycles. The first kappa shape index (κ1) is 21.9. The molecule has 10 heteroatoms. The third kappa shape index (κ3) is 5.48. The van der Waals surface area contributed by atoms with E-state index in [4.69, 9.17) is 16.3 Å². The summed E-state index contributed by atoms with van der Waals surface area (Å²) in [5.74, 6) is 0.502. The quantitative estimate of drug-likeness (QED) is 0.700. The first-order valence-electron chi connectivity index (χ1n) is 10.5. The summed E-state index contributed by atoms with van der Waals surface area (Å²) in [7, 11) is 0. The molecule has 0 bridgehead atoms. The highest BCUT2D eigenvalue weighted by molar-refractivity contribution is 6.30. The summed E-state index contributed by atoms with van der Waals surface area (Å²) in [5, 5.41) is 21.9. The summed E-state index contributed by atoms with van der Waals surface area (Å²) in [6.07, 6.45) is 1.62. The molecule has 3 heterocycles. The molecular weight excluding hydrogens is 420 g/mol. The Labute approximate surface area is 186 Å². The van der Waals surface area contributed by atoms with Crippen LogP contribution in [0.3, 0.4) is 0 Å². The zero-order valence-corrected chi connectivity index (χ0v) is 18.2. The van der Waals surface area contributed by atoms with Gasteiger partial charge in [0, 0.05) is 42.9 Å². The van der Waals surface area contributed by atoms with Gasteiger partial charge in [0.1, 0.15) is 0 Å². The number of halogens is 1. The molecule has 31 heavy (non-hydrogen) atoms. The third-order valence-electron chi connectivity index (χ3n) is 5.75. The van der Waals surface area contributed by atoms with Crippen LogP contribution < -0.4 is 10.2 Å². The molecule has 2 N–H and O–H groups in total. The lowest BCUT2D eigenvalue weighted by Crippen LogP contribution is -2.56. The summed E-state index contributed by atoms with van der Waals surface area (Å²) >= 11 is 5.97. The second kappa shape index (κ2) is 9.86. The maximum absolute atomic E-state index is 12.5. The Morgan fingerprint density at radius 1 is 1.32 bits per heavy atom. The van der Waals surface area contributed by atoms with Crippen LogP contribution in [0.15, 0.2) is 30.5 Å². The number of hydrogen-bond acceptors (Lipinski definition) is 8. The van der Waals surface area contributed by atoms with Crippen molar-refractivity contribution in [2.75, 3.05) is 44.3 Å². The van der Waals surface area contributed by atoms with E-state index in [0.29, 0.717) is 50.2 Å². The molecule has 0 spiro atoms. The van der Waals surface area contributed by atoms with Crippen LogP contribution >= 0.6 is 11.6 Å². The molecule has 2 fully saturated rings. The van der Waals surface area contributed by atoms with Crippen molar-refractivity contribution >= 4 is 23.5 Å². The number of aliphatic hydroxyl groups is 1. The molecule has 0 saturated carbocycles. The number of piperazine rings is 1. The van der Waals surface area contributed by atoms with Gasteiger partial charge in [0.15, 0.2) is 0 Å². The number of rotatable bonds is 5. The van der Waals surface area contributed by atoms with Crippen molar-refractivity contribution in [3.05, 3.63) is 35.5 Å². The second-order valence-electron chi connectivity index (χ2n) is 8.02.